The third-order valence-electron chi connectivity index (χ3n) is 5.69. The van der Waals surface area contributed by atoms with Crippen LogP contribution in [0.25, 0.3) is 22.3 Å². The molecule has 2 atom stereocenters. The van der Waals surface area contributed by atoms with Crippen molar-refractivity contribution in [1.29, 1.82) is 0 Å². The first-order valence-corrected chi connectivity index (χ1v) is 9.81. The van der Waals surface area contributed by atoms with Crippen LogP contribution in [0.1, 0.15) is 17.9 Å². The van der Waals surface area contributed by atoms with Gasteiger partial charge in [-0.3, -0.25) is 4.79 Å². The second-order valence-electron chi connectivity index (χ2n) is 7.62. The number of aliphatic hydroxyl groups excluding tert-OH is 1. The van der Waals surface area contributed by atoms with E-state index in [4.69, 9.17) is 16.0 Å². The van der Waals surface area contributed by atoms with Crippen LogP contribution in [0.15, 0.2) is 39.5 Å². The highest BCUT2D eigenvalue weighted by molar-refractivity contribution is 6.38. The van der Waals surface area contributed by atoms with E-state index < -0.39 is 17.5 Å². The molecule has 2 aromatic carbocycles. The summed E-state index contributed by atoms with van der Waals surface area (Å²) in [7, 11) is 3.45. The van der Waals surface area contributed by atoms with Crippen molar-refractivity contribution in [1.82, 2.24) is 4.90 Å². The number of nitrogens with zero attached hydrogens (tertiary/aromatic N) is 1. The zero-order chi connectivity index (χ0) is 20.9. The first-order valence-electron chi connectivity index (χ1n) is 9.43. The van der Waals surface area contributed by atoms with Crippen LogP contribution in [0.4, 0.5) is 0 Å². The van der Waals surface area contributed by atoms with Crippen molar-refractivity contribution in [3.63, 3.8) is 0 Å². The lowest BCUT2D eigenvalue weighted by Gasteiger charge is -2.34. The third kappa shape index (κ3) is 3.29. The van der Waals surface area contributed by atoms with Gasteiger partial charge in [0.2, 0.25) is 0 Å². The van der Waals surface area contributed by atoms with Crippen LogP contribution in [0, 0.1) is 0 Å². The van der Waals surface area contributed by atoms with E-state index in [1.165, 1.54) is 13.9 Å². The number of likely N-dealkylation sites (N-methyl/N-ethyl adjacent to an activating group) is 1. The molecule has 2 heterocycles. The van der Waals surface area contributed by atoms with E-state index in [2.05, 4.69) is 0 Å². The Bertz CT molecular complexity index is 1160. The molecule has 3 aromatic rings. The second kappa shape index (κ2) is 7.41. The summed E-state index contributed by atoms with van der Waals surface area (Å²) in [5, 5.41) is 32.5. The van der Waals surface area contributed by atoms with Crippen molar-refractivity contribution < 1.29 is 19.7 Å². The second-order valence-corrected chi connectivity index (χ2v) is 8.03. The fraction of sp³-hybridized carbons (Fsp3) is 0.286. The largest absolute Gasteiger partial charge is 0.508 e. The van der Waals surface area contributed by atoms with Crippen molar-refractivity contribution in [2.24, 2.45) is 0 Å². The van der Waals surface area contributed by atoms with Crippen molar-refractivity contribution in [2.75, 3.05) is 20.1 Å². The monoisotopic (exact) mass is 413 g/mol. The molecule has 8 heteroatoms. The van der Waals surface area contributed by atoms with Gasteiger partial charge in [-0.1, -0.05) is 23.7 Å². The molecule has 0 spiro atoms. The van der Waals surface area contributed by atoms with Gasteiger partial charge in [0, 0.05) is 29.7 Å². The first kappa shape index (κ1) is 19.8. The molecule has 0 amide bonds. The molecule has 29 heavy (non-hydrogen) atoms. The Balaban J connectivity index is 2.04. The highest BCUT2D eigenvalue weighted by Gasteiger charge is 2.34. The van der Waals surface area contributed by atoms with Crippen LogP contribution >= 0.6 is 11.6 Å². The minimum atomic E-state index is -0.749. The maximum atomic E-state index is 12.9. The summed E-state index contributed by atoms with van der Waals surface area (Å²) in [5.41, 5.74) is 0.716. The molecule has 0 aliphatic carbocycles. The lowest BCUT2D eigenvalue weighted by atomic mass is 9.80. The number of phenolic OH excluding ortho intramolecular Hbond substituents is 2. The Morgan fingerprint density at radius 1 is 1.24 bits per heavy atom. The molecule has 0 bridgehead atoms. The Morgan fingerprint density at radius 2 is 1.97 bits per heavy atom. The van der Waals surface area contributed by atoms with E-state index >= 15 is 0 Å². The van der Waals surface area contributed by atoms with Gasteiger partial charge in [0.05, 0.1) is 11.1 Å². The van der Waals surface area contributed by atoms with Gasteiger partial charge in [0.25, 0.3) is 0 Å². The molecule has 1 fully saturated rings. The summed E-state index contributed by atoms with van der Waals surface area (Å²) in [5.74, 6) is -0.678. The predicted molar refractivity (Wildman–Crippen MR) is 115 cm³/mol. The lowest BCUT2D eigenvalue weighted by molar-refractivity contribution is 0.0631. The SMILES string of the molecule is Bc1c(O)c(C2CCN(C)CC2O)c2oc(-c3ccccc3Cl)cc(=O)c2c1O. The fourth-order valence-electron chi connectivity index (χ4n) is 4.08. The van der Waals surface area contributed by atoms with Gasteiger partial charge in [-0.15, -0.1) is 0 Å². The average molecular weight is 414 g/mol. The van der Waals surface area contributed by atoms with Crippen molar-refractivity contribution in [2.45, 2.75) is 18.4 Å². The summed E-state index contributed by atoms with van der Waals surface area (Å²) in [4.78, 5) is 14.9. The fourth-order valence-corrected chi connectivity index (χ4v) is 4.31. The summed E-state index contributed by atoms with van der Waals surface area (Å²) >= 11 is 6.27. The zero-order valence-corrected chi connectivity index (χ0v) is 16.9. The molecule has 4 rings (SSSR count). The minimum absolute atomic E-state index is 0.00256. The average Bonchev–Trinajstić information content (AvgIpc) is 2.67. The molecule has 1 aliphatic rings. The van der Waals surface area contributed by atoms with Gasteiger partial charge in [0.15, 0.2) is 5.43 Å². The third-order valence-corrected chi connectivity index (χ3v) is 6.02. The number of fused-ring (bicyclic) bond motifs is 1. The smallest absolute Gasteiger partial charge is 0.197 e. The predicted octanol–water partition coefficient (Wildman–Crippen LogP) is 1.56. The Labute approximate surface area is 173 Å². The molecule has 1 aromatic heterocycles. The maximum Gasteiger partial charge on any atom is 0.197 e. The molecule has 1 saturated heterocycles. The zero-order valence-electron chi connectivity index (χ0n) is 16.1. The standard InChI is InChI=1S/C21H21BClNO5/c1-24-7-6-11(14(26)9-24)16-19(27)18(22)20(28)17-13(25)8-15(29-21(16)17)10-4-2-3-5-12(10)23/h2-5,8,11,14,26-28H,6-7,9,22H2,1H3. The van der Waals surface area contributed by atoms with Crippen LogP contribution < -0.4 is 10.9 Å². The van der Waals surface area contributed by atoms with Crippen molar-refractivity contribution in [3.8, 4) is 22.8 Å². The van der Waals surface area contributed by atoms with Crippen LogP contribution in [0.3, 0.4) is 0 Å². The Hall–Kier alpha value is -2.48. The molecule has 2 unspecified atom stereocenters. The molecule has 0 saturated carbocycles. The number of piperidine rings is 1. The van der Waals surface area contributed by atoms with Gasteiger partial charge in [-0.2, -0.15) is 0 Å². The van der Waals surface area contributed by atoms with E-state index in [1.54, 1.807) is 24.3 Å². The molecular weight excluding hydrogens is 392 g/mol. The number of aromatic hydroxyl groups is 2. The number of benzene rings is 2. The number of rotatable bonds is 2. The number of likely N-dealkylation sites (tertiary alicyclic amines) is 1. The maximum absolute atomic E-state index is 12.9. The van der Waals surface area contributed by atoms with Gasteiger partial charge in [-0.25, -0.2) is 0 Å². The Kier molecular flexibility index (Phi) is 5.06. The number of hydrogen-bond donors (Lipinski definition) is 3. The van der Waals surface area contributed by atoms with Crippen molar-refractivity contribution in [3.05, 3.63) is 51.1 Å². The Morgan fingerprint density at radius 3 is 2.66 bits per heavy atom. The van der Waals surface area contributed by atoms with E-state index in [9.17, 15) is 20.1 Å². The summed E-state index contributed by atoms with van der Waals surface area (Å²) in [6.07, 6.45) is -0.175. The normalized spacial score (nSPS) is 20.2. The lowest BCUT2D eigenvalue weighted by Crippen LogP contribution is -2.40. The molecule has 3 N–H and O–H groups in total. The summed E-state index contributed by atoms with van der Waals surface area (Å²) in [6, 6.07) is 8.25. The number of halogens is 1. The van der Waals surface area contributed by atoms with Gasteiger partial charge >= 0.3 is 0 Å². The first-order chi connectivity index (χ1) is 13.8. The molecule has 1 aliphatic heterocycles. The molecule has 6 nitrogen and oxygen atoms in total. The topological polar surface area (TPSA) is 94.1 Å². The van der Waals surface area contributed by atoms with E-state index in [-0.39, 0.29) is 33.7 Å². The summed E-state index contributed by atoms with van der Waals surface area (Å²) in [6.45, 7) is 1.15. The van der Waals surface area contributed by atoms with E-state index in [0.717, 1.165) is 6.54 Å². The number of aliphatic hydroxyl groups is 1. The van der Waals surface area contributed by atoms with E-state index in [0.29, 0.717) is 29.1 Å². The molecular formula is C21H21BClNO5. The number of phenols is 2. The van der Waals surface area contributed by atoms with Crippen LogP contribution in [0.5, 0.6) is 11.5 Å². The van der Waals surface area contributed by atoms with Crippen LogP contribution in [-0.2, 0) is 0 Å². The minimum Gasteiger partial charge on any atom is -0.508 e. The quantitative estimate of drug-likeness (QED) is 0.552. The van der Waals surface area contributed by atoms with Crippen LogP contribution in [0.2, 0.25) is 5.02 Å². The molecule has 0 radical (unpaired) electrons. The van der Waals surface area contributed by atoms with Crippen molar-refractivity contribution >= 4 is 35.9 Å². The summed E-state index contributed by atoms with van der Waals surface area (Å²) < 4.78 is 6.06. The van der Waals surface area contributed by atoms with Crippen LogP contribution in [-0.4, -0.2) is 54.3 Å². The van der Waals surface area contributed by atoms with E-state index in [1.807, 2.05) is 11.9 Å². The number of hydrogen-bond acceptors (Lipinski definition) is 6. The van der Waals surface area contributed by atoms with Gasteiger partial charge in [0.1, 0.15) is 36.1 Å². The van der Waals surface area contributed by atoms with Gasteiger partial charge < -0.3 is 24.6 Å². The van der Waals surface area contributed by atoms with Gasteiger partial charge in [-0.05, 0) is 37.6 Å². The number of β-amino-alcohol motifs (C(OH)–C–C–N with tert-alkyl or cyclic N) is 1. The molecule has 150 valence electrons. The highest BCUT2D eigenvalue weighted by Crippen LogP contribution is 2.41. The highest BCUT2D eigenvalue weighted by atomic mass is 35.5.